The van der Waals surface area contributed by atoms with Crippen molar-refractivity contribution in [3.05, 3.63) is 0 Å². The molecule has 1 atom stereocenters. The first-order valence-electron chi connectivity index (χ1n) is 8.38. The first-order valence-corrected chi connectivity index (χ1v) is 8.38. The van der Waals surface area contributed by atoms with Crippen LogP contribution in [0.5, 0.6) is 0 Å². The van der Waals surface area contributed by atoms with E-state index in [4.69, 9.17) is 4.74 Å². The molecule has 20 heavy (non-hydrogen) atoms. The van der Waals surface area contributed by atoms with E-state index >= 15 is 0 Å². The average molecular weight is 287 g/mol. The molecule has 0 bridgehead atoms. The summed E-state index contributed by atoms with van der Waals surface area (Å²) in [5.41, 5.74) is 0.334. The van der Waals surface area contributed by atoms with Crippen molar-refractivity contribution in [2.45, 2.75) is 72.9 Å². The number of hydrogen-bond acceptors (Lipinski definition) is 3. The van der Waals surface area contributed by atoms with Gasteiger partial charge in [-0.15, -0.1) is 0 Å². The van der Waals surface area contributed by atoms with Crippen LogP contribution in [0.25, 0.3) is 0 Å². The minimum Gasteiger partial charge on any atom is -0.383 e. The Balaban J connectivity index is 4.70. The Labute approximate surface area is 127 Å². The van der Waals surface area contributed by atoms with Gasteiger partial charge < -0.3 is 10.1 Å². The van der Waals surface area contributed by atoms with E-state index in [0.717, 1.165) is 26.2 Å². The summed E-state index contributed by atoms with van der Waals surface area (Å²) in [6, 6.07) is 1.23. The minimum atomic E-state index is 0.334. The first-order chi connectivity index (χ1) is 9.42. The van der Waals surface area contributed by atoms with E-state index < -0.39 is 0 Å². The van der Waals surface area contributed by atoms with Crippen molar-refractivity contribution >= 4 is 0 Å². The van der Waals surface area contributed by atoms with Gasteiger partial charge >= 0.3 is 0 Å². The summed E-state index contributed by atoms with van der Waals surface area (Å²) in [5.74, 6) is 0. The third kappa shape index (κ3) is 7.61. The van der Waals surface area contributed by atoms with Gasteiger partial charge in [-0.25, -0.2) is 0 Å². The van der Waals surface area contributed by atoms with Gasteiger partial charge in [-0.3, -0.25) is 4.90 Å². The van der Waals surface area contributed by atoms with E-state index in [0.29, 0.717) is 17.5 Å². The van der Waals surface area contributed by atoms with Crippen LogP contribution in [0.2, 0.25) is 0 Å². The number of hydrogen-bond donors (Lipinski definition) is 1. The van der Waals surface area contributed by atoms with E-state index in [1.54, 1.807) is 7.11 Å². The van der Waals surface area contributed by atoms with Gasteiger partial charge in [0.2, 0.25) is 0 Å². The summed E-state index contributed by atoms with van der Waals surface area (Å²) in [5, 5.41) is 3.62. The molecule has 0 spiro atoms. The van der Waals surface area contributed by atoms with Crippen LogP contribution in [0.4, 0.5) is 0 Å². The lowest BCUT2D eigenvalue weighted by Gasteiger charge is -2.39. The standard InChI is InChI=1S/C17H38N2O/c1-8-16(9-2)19(11-12-20-7)14-17(6,10-3)13-18-15(4)5/h15-16,18H,8-14H2,1-7H3. The topological polar surface area (TPSA) is 24.5 Å². The molecule has 0 heterocycles. The van der Waals surface area contributed by atoms with Crippen molar-refractivity contribution in [2.75, 3.05) is 33.4 Å². The Hall–Kier alpha value is -0.120. The Bertz CT molecular complexity index is 229. The lowest BCUT2D eigenvalue weighted by molar-refractivity contribution is 0.0731. The molecular weight excluding hydrogens is 248 g/mol. The van der Waals surface area contributed by atoms with E-state index in [2.05, 4.69) is 51.8 Å². The van der Waals surface area contributed by atoms with Crippen LogP contribution < -0.4 is 5.32 Å². The van der Waals surface area contributed by atoms with E-state index in [-0.39, 0.29) is 0 Å². The molecule has 0 amide bonds. The molecule has 0 rings (SSSR count). The Morgan fingerprint density at radius 3 is 2.15 bits per heavy atom. The molecule has 0 radical (unpaired) electrons. The van der Waals surface area contributed by atoms with Gasteiger partial charge in [-0.2, -0.15) is 0 Å². The molecule has 0 aromatic rings. The number of ether oxygens (including phenoxy) is 1. The fraction of sp³-hybridized carbons (Fsp3) is 1.00. The van der Waals surface area contributed by atoms with Crippen molar-refractivity contribution in [3.63, 3.8) is 0 Å². The van der Waals surface area contributed by atoms with Crippen molar-refractivity contribution < 1.29 is 4.74 Å². The van der Waals surface area contributed by atoms with Crippen LogP contribution in [0.3, 0.4) is 0 Å². The highest BCUT2D eigenvalue weighted by molar-refractivity contribution is 4.83. The first kappa shape index (κ1) is 19.9. The Kier molecular flexibility index (Phi) is 10.5. The third-order valence-corrected chi connectivity index (χ3v) is 4.42. The predicted octanol–water partition coefficient (Wildman–Crippen LogP) is 3.54. The van der Waals surface area contributed by atoms with Crippen LogP contribution in [0.15, 0.2) is 0 Å². The highest BCUT2D eigenvalue weighted by atomic mass is 16.5. The molecule has 0 aliphatic heterocycles. The van der Waals surface area contributed by atoms with Gasteiger partial charge in [0, 0.05) is 38.8 Å². The lowest BCUT2D eigenvalue weighted by atomic mass is 9.85. The van der Waals surface area contributed by atoms with E-state index in [9.17, 15) is 0 Å². The SMILES string of the molecule is CCC(CC)N(CCOC)CC(C)(CC)CNC(C)C. The summed E-state index contributed by atoms with van der Waals surface area (Å²) in [6.07, 6.45) is 3.64. The molecule has 0 saturated carbocycles. The minimum absolute atomic E-state index is 0.334. The Morgan fingerprint density at radius 2 is 1.75 bits per heavy atom. The van der Waals surface area contributed by atoms with Crippen molar-refractivity contribution in [1.82, 2.24) is 10.2 Å². The monoisotopic (exact) mass is 286 g/mol. The van der Waals surface area contributed by atoms with Crippen LogP contribution in [0, 0.1) is 5.41 Å². The molecule has 0 saturated heterocycles. The zero-order chi connectivity index (χ0) is 15.6. The molecule has 3 nitrogen and oxygen atoms in total. The highest BCUT2D eigenvalue weighted by Crippen LogP contribution is 2.24. The van der Waals surface area contributed by atoms with Gasteiger partial charge in [0.05, 0.1) is 6.61 Å². The maximum Gasteiger partial charge on any atom is 0.0589 e. The van der Waals surface area contributed by atoms with Gasteiger partial charge in [-0.05, 0) is 24.7 Å². The molecule has 1 N–H and O–H groups in total. The van der Waals surface area contributed by atoms with Crippen molar-refractivity contribution in [1.29, 1.82) is 0 Å². The van der Waals surface area contributed by atoms with E-state index in [1.165, 1.54) is 19.3 Å². The van der Waals surface area contributed by atoms with Crippen LogP contribution >= 0.6 is 0 Å². The summed E-state index contributed by atoms with van der Waals surface area (Å²) < 4.78 is 5.30. The molecule has 0 aliphatic carbocycles. The number of nitrogens with one attached hydrogen (secondary N) is 1. The smallest absolute Gasteiger partial charge is 0.0589 e. The van der Waals surface area contributed by atoms with Crippen molar-refractivity contribution in [3.8, 4) is 0 Å². The maximum absolute atomic E-state index is 5.30. The second-order valence-electron chi connectivity index (χ2n) is 6.63. The highest BCUT2D eigenvalue weighted by Gasteiger charge is 2.27. The van der Waals surface area contributed by atoms with Gasteiger partial charge in [0.1, 0.15) is 0 Å². The molecule has 122 valence electrons. The number of nitrogens with zero attached hydrogens (tertiary/aromatic N) is 1. The molecule has 0 aliphatic rings. The predicted molar refractivity (Wildman–Crippen MR) is 89.4 cm³/mol. The summed E-state index contributed by atoms with van der Waals surface area (Å²) in [4.78, 5) is 2.63. The fourth-order valence-corrected chi connectivity index (χ4v) is 2.64. The zero-order valence-electron chi connectivity index (χ0n) is 15.0. The summed E-state index contributed by atoms with van der Waals surface area (Å²) in [7, 11) is 1.80. The second kappa shape index (κ2) is 10.6. The summed E-state index contributed by atoms with van der Waals surface area (Å²) in [6.45, 7) is 17.9. The molecule has 0 fully saturated rings. The molecule has 3 heteroatoms. The lowest BCUT2D eigenvalue weighted by Crippen LogP contribution is -2.48. The van der Waals surface area contributed by atoms with Gasteiger partial charge in [0.25, 0.3) is 0 Å². The normalized spacial score (nSPS) is 15.3. The fourth-order valence-electron chi connectivity index (χ4n) is 2.64. The number of rotatable bonds is 12. The Morgan fingerprint density at radius 1 is 1.15 bits per heavy atom. The van der Waals surface area contributed by atoms with Crippen molar-refractivity contribution in [2.24, 2.45) is 5.41 Å². The molecular formula is C17H38N2O. The zero-order valence-corrected chi connectivity index (χ0v) is 15.0. The third-order valence-electron chi connectivity index (χ3n) is 4.42. The second-order valence-corrected chi connectivity index (χ2v) is 6.63. The quantitative estimate of drug-likeness (QED) is 0.594. The largest absolute Gasteiger partial charge is 0.383 e. The van der Waals surface area contributed by atoms with Crippen LogP contribution in [-0.4, -0.2) is 50.3 Å². The molecule has 0 aromatic heterocycles. The molecule has 0 aromatic carbocycles. The van der Waals surface area contributed by atoms with Crippen LogP contribution in [0.1, 0.15) is 60.8 Å². The molecule has 1 unspecified atom stereocenters. The average Bonchev–Trinajstić information content (AvgIpc) is 2.43. The van der Waals surface area contributed by atoms with E-state index in [1.807, 2.05) is 0 Å². The maximum atomic E-state index is 5.30. The summed E-state index contributed by atoms with van der Waals surface area (Å²) >= 11 is 0. The van der Waals surface area contributed by atoms with Gasteiger partial charge in [-0.1, -0.05) is 41.5 Å². The van der Waals surface area contributed by atoms with Crippen LogP contribution in [-0.2, 0) is 4.74 Å². The number of methoxy groups -OCH3 is 1. The van der Waals surface area contributed by atoms with Gasteiger partial charge in [0.15, 0.2) is 0 Å².